The van der Waals surface area contributed by atoms with E-state index in [1.165, 1.54) is 13.3 Å². The fourth-order valence-electron chi connectivity index (χ4n) is 1.67. The maximum Gasteiger partial charge on any atom is 0.310 e. The van der Waals surface area contributed by atoms with Crippen molar-refractivity contribution in [2.24, 2.45) is 0 Å². The van der Waals surface area contributed by atoms with Crippen LogP contribution in [0, 0.1) is 0 Å². The number of anilines is 1. The standard InChI is InChI=1S/C14H15N3O5S2/c1-22-12(18)7-11-8-15-14(23-11)17-24(20,21)9-16-13(19)10-5-3-2-4-6-10/h2-6,8H,7,9H2,1H3,(H,15,17)(H,16,19). The zero-order valence-corrected chi connectivity index (χ0v) is 14.3. The molecule has 1 amide bonds. The van der Waals surface area contributed by atoms with Gasteiger partial charge in [-0.15, -0.1) is 11.3 Å². The number of thiazole rings is 1. The molecule has 2 N–H and O–H groups in total. The summed E-state index contributed by atoms with van der Waals surface area (Å²) >= 11 is 1.02. The number of carbonyl (C=O) groups is 2. The number of esters is 1. The van der Waals surface area contributed by atoms with Crippen LogP contribution in [-0.4, -0.2) is 38.3 Å². The summed E-state index contributed by atoms with van der Waals surface area (Å²) in [7, 11) is -2.54. The highest BCUT2D eigenvalue weighted by Crippen LogP contribution is 2.19. The zero-order chi connectivity index (χ0) is 17.6. The maximum absolute atomic E-state index is 12.0. The van der Waals surface area contributed by atoms with E-state index >= 15 is 0 Å². The highest BCUT2D eigenvalue weighted by molar-refractivity contribution is 7.92. The smallest absolute Gasteiger partial charge is 0.310 e. The normalized spacial score (nSPS) is 10.9. The molecule has 10 heteroatoms. The van der Waals surface area contributed by atoms with Crippen LogP contribution in [0.2, 0.25) is 0 Å². The molecule has 0 bridgehead atoms. The van der Waals surface area contributed by atoms with Crippen molar-refractivity contribution in [3.63, 3.8) is 0 Å². The minimum absolute atomic E-state index is 0.0145. The first-order valence-electron chi connectivity index (χ1n) is 6.75. The molecule has 2 aromatic rings. The largest absolute Gasteiger partial charge is 0.469 e. The van der Waals surface area contributed by atoms with Gasteiger partial charge in [-0.3, -0.25) is 14.3 Å². The van der Waals surface area contributed by atoms with E-state index in [-0.39, 0.29) is 11.6 Å². The molecule has 0 radical (unpaired) electrons. The van der Waals surface area contributed by atoms with E-state index in [2.05, 4.69) is 19.8 Å². The number of nitrogens with one attached hydrogen (secondary N) is 2. The number of nitrogens with zero attached hydrogens (tertiary/aromatic N) is 1. The summed E-state index contributed by atoms with van der Waals surface area (Å²) in [6.07, 6.45) is 1.41. The van der Waals surface area contributed by atoms with E-state index in [9.17, 15) is 18.0 Å². The maximum atomic E-state index is 12.0. The van der Waals surface area contributed by atoms with Crippen LogP contribution >= 0.6 is 11.3 Å². The minimum Gasteiger partial charge on any atom is -0.469 e. The third-order valence-corrected chi connectivity index (χ3v) is 4.87. The van der Waals surface area contributed by atoms with E-state index in [0.717, 1.165) is 11.3 Å². The van der Waals surface area contributed by atoms with Gasteiger partial charge in [-0.25, -0.2) is 13.4 Å². The minimum atomic E-state index is -3.81. The van der Waals surface area contributed by atoms with Crippen molar-refractivity contribution in [3.05, 3.63) is 47.0 Å². The summed E-state index contributed by atoms with van der Waals surface area (Å²) < 4.78 is 30.7. The van der Waals surface area contributed by atoms with Gasteiger partial charge in [0.05, 0.1) is 13.5 Å². The van der Waals surface area contributed by atoms with Crippen LogP contribution in [0.3, 0.4) is 0 Å². The summed E-state index contributed by atoms with van der Waals surface area (Å²) in [5.74, 6) is -1.53. The highest BCUT2D eigenvalue weighted by Gasteiger charge is 2.16. The average molecular weight is 369 g/mol. The first-order valence-corrected chi connectivity index (χ1v) is 9.22. The van der Waals surface area contributed by atoms with Gasteiger partial charge in [0.25, 0.3) is 15.9 Å². The van der Waals surface area contributed by atoms with Crippen molar-refractivity contribution in [2.75, 3.05) is 17.7 Å². The number of sulfonamides is 1. The molecule has 128 valence electrons. The Morgan fingerprint density at radius 2 is 1.96 bits per heavy atom. The highest BCUT2D eigenvalue weighted by atomic mass is 32.2. The topological polar surface area (TPSA) is 114 Å². The number of ether oxygens (including phenoxy) is 1. The number of hydrogen-bond donors (Lipinski definition) is 2. The lowest BCUT2D eigenvalue weighted by atomic mass is 10.2. The van der Waals surface area contributed by atoms with Crippen LogP contribution in [-0.2, 0) is 26.0 Å². The first kappa shape index (κ1) is 17.9. The van der Waals surface area contributed by atoms with E-state index < -0.39 is 27.8 Å². The Labute approximate surface area is 142 Å². The molecule has 1 heterocycles. The summed E-state index contributed by atoms with van der Waals surface area (Å²) in [5, 5.41) is 2.43. The van der Waals surface area contributed by atoms with Gasteiger partial charge < -0.3 is 10.1 Å². The van der Waals surface area contributed by atoms with Crippen molar-refractivity contribution in [2.45, 2.75) is 6.42 Å². The second kappa shape index (κ2) is 7.88. The van der Waals surface area contributed by atoms with Crippen molar-refractivity contribution in [1.82, 2.24) is 10.3 Å². The third kappa shape index (κ3) is 5.32. The Balaban J connectivity index is 1.92. The monoisotopic (exact) mass is 369 g/mol. The van der Waals surface area contributed by atoms with Gasteiger partial charge in [0.2, 0.25) is 0 Å². The lowest BCUT2D eigenvalue weighted by Crippen LogP contribution is -2.32. The van der Waals surface area contributed by atoms with Gasteiger partial charge in [-0.2, -0.15) is 0 Å². The number of methoxy groups -OCH3 is 1. The summed E-state index contributed by atoms with van der Waals surface area (Å²) in [4.78, 5) is 27.4. The molecule has 0 aliphatic rings. The molecular formula is C14H15N3O5S2. The molecule has 0 fully saturated rings. The Bertz CT molecular complexity index is 818. The Kier molecular flexibility index (Phi) is 5.88. The second-order valence-corrected chi connectivity index (χ2v) is 7.46. The van der Waals surface area contributed by atoms with Crippen LogP contribution in [0.1, 0.15) is 15.2 Å². The quantitative estimate of drug-likeness (QED) is 0.704. The molecule has 1 aromatic heterocycles. The van der Waals surface area contributed by atoms with Gasteiger partial charge in [-0.1, -0.05) is 18.2 Å². The molecule has 1 aromatic carbocycles. The SMILES string of the molecule is COC(=O)Cc1cnc(NS(=O)(=O)CNC(=O)c2ccccc2)s1. The summed E-state index contributed by atoms with van der Waals surface area (Å²) in [5.41, 5.74) is 0.363. The lowest BCUT2D eigenvalue weighted by Gasteiger charge is -2.07. The third-order valence-electron chi connectivity index (χ3n) is 2.80. The molecule has 0 atom stereocenters. The Morgan fingerprint density at radius 3 is 2.62 bits per heavy atom. The van der Waals surface area contributed by atoms with Crippen molar-refractivity contribution in [3.8, 4) is 0 Å². The molecule has 0 aliphatic carbocycles. The molecule has 8 nitrogen and oxygen atoms in total. The van der Waals surface area contributed by atoms with E-state index in [4.69, 9.17) is 0 Å². The number of benzene rings is 1. The average Bonchev–Trinajstić information content (AvgIpc) is 2.99. The van der Waals surface area contributed by atoms with Crippen LogP contribution in [0.5, 0.6) is 0 Å². The molecule has 0 saturated heterocycles. The van der Waals surface area contributed by atoms with E-state index in [1.807, 2.05) is 0 Å². The van der Waals surface area contributed by atoms with Crippen LogP contribution in [0.4, 0.5) is 5.13 Å². The van der Waals surface area contributed by atoms with Crippen molar-refractivity contribution < 1.29 is 22.7 Å². The molecule has 0 spiro atoms. The van der Waals surface area contributed by atoms with Gasteiger partial charge in [-0.05, 0) is 12.1 Å². The molecule has 0 unspecified atom stereocenters. The van der Waals surface area contributed by atoms with Crippen molar-refractivity contribution in [1.29, 1.82) is 0 Å². The number of rotatable bonds is 7. The fraction of sp³-hybridized carbons (Fsp3) is 0.214. The number of hydrogen-bond acceptors (Lipinski definition) is 7. The van der Waals surface area contributed by atoms with E-state index in [1.54, 1.807) is 30.3 Å². The Morgan fingerprint density at radius 1 is 1.25 bits per heavy atom. The van der Waals surface area contributed by atoms with Gasteiger partial charge in [0, 0.05) is 16.6 Å². The van der Waals surface area contributed by atoms with Gasteiger partial charge in [0.1, 0.15) is 5.88 Å². The van der Waals surface area contributed by atoms with E-state index in [0.29, 0.717) is 10.4 Å². The molecule has 2 rings (SSSR count). The van der Waals surface area contributed by atoms with Gasteiger partial charge in [0.15, 0.2) is 5.13 Å². The zero-order valence-electron chi connectivity index (χ0n) is 12.7. The lowest BCUT2D eigenvalue weighted by molar-refractivity contribution is -0.139. The predicted octanol–water partition coefficient (Wildman–Crippen LogP) is 0.988. The number of carbonyl (C=O) groups excluding carboxylic acids is 2. The second-order valence-electron chi connectivity index (χ2n) is 4.62. The van der Waals surface area contributed by atoms with Crippen LogP contribution in [0.25, 0.3) is 0 Å². The fourth-order valence-corrected chi connectivity index (χ4v) is 3.58. The predicted molar refractivity (Wildman–Crippen MR) is 89.2 cm³/mol. The van der Waals surface area contributed by atoms with Gasteiger partial charge >= 0.3 is 5.97 Å². The number of amides is 1. The molecule has 0 saturated carbocycles. The Hall–Kier alpha value is -2.46. The number of aromatic nitrogens is 1. The van der Waals surface area contributed by atoms with Crippen LogP contribution in [0.15, 0.2) is 36.5 Å². The molecular weight excluding hydrogens is 354 g/mol. The molecule has 24 heavy (non-hydrogen) atoms. The summed E-state index contributed by atoms with van der Waals surface area (Å²) in [6, 6.07) is 8.27. The van der Waals surface area contributed by atoms with Crippen molar-refractivity contribution >= 4 is 38.4 Å². The van der Waals surface area contributed by atoms with Crippen LogP contribution < -0.4 is 10.0 Å². The first-order chi connectivity index (χ1) is 11.4. The molecule has 0 aliphatic heterocycles. The summed E-state index contributed by atoms with van der Waals surface area (Å²) in [6.45, 7) is 0.